The number of carbonyl (C=O) groups excluding carboxylic acids is 2. The molecule has 2 heterocycles. The summed E-state index contributed by atoms with van der Waals surface area (Å²) in [7, 11) is 0. The molecule has 1 aliphatic heterocycles. The Hall–Kier alpha value is -5.86. The molecule has 1 saturated heterocycles. The zero-order chi connectivity index (χ0) is 40.1. The monoisotopic (exact) mass is 797 g/mol. The normalized spacial score (nSPS) is 16.5. The van der Waals surface area contributed by atoms with Gasteiger partial charge in [-0.05, 0) is 81.4 Å². The lowest BCUT2D eigenvalue weighted by atomic mass is 9.99. The van der Waals surface area contributed by atoms with E-state index in [0.717, 1.165) is 45.5 Å². The van der Waals surface area contributed by atoms with Gasteiger partial charge in [0, 0.05) is 37.1 Å². The number of nitrogen functional groups attached to an aromatic ring is 1. The predicted octanol–water partition coefficient (Wildman–Crippen LogP) is 7.95. The largest absolute Gasteiger partial charge is 0.397 e. The molecule has 1 aliphatic rings. The molecular weight excluding hydrogens is 751 g/mol. The number of anilines is 2. The summed E-state index contributed by atoms with van der Waals surface area (Å²) in [4.78, 5) is 24.9. The smallest absolute Gasteiger partial charge is 0.224 e. The van der Waals surface area contributed by atoms with Crippen LogP contribution in [0.1, 0.15) is 73.2 Å². The quantitative estimate of drug-likeness (QED) is 0.0404. The minimum atomic E-state index is -0.603. The number of nitrogens with two attached hydrogens (primary N) is 1. The van der Waals surface area contributed by atoms with Crippen molar-refractivity contribution in [2.75, 3.05) is 16.8 Å². The zero-order valence-corrected chi connectivity index (χ0v) is 32.9. The molecule has 0 aliphatic carbocycles. The van der Waals surface area contributed by atoms with Crippen molar-refractivity contribution in [1.29, 1.82) is 0 Å². The summed E-state index contributed by atoms with van der Waals surface area (Å²) < 4.78 is 14.9. The van der Waals surface area contributed by atoms with Crippen LogP contribution >= 0.6 is 11.8 Å². The number of hydrogen-bond donors (Lipinski definition) is 4. The molecule has 0 saturated carbocycles. The third-order valence-corrected chi connectivity index (χ3v) is 11.0. The molecule has 5 aromatic carbocycles. The van der Waals surface area contributed by atoms with Crippen LogP contribution in [-0.4, -0.2) is 49.0 Å². The van der Waals surface area contributed by atoms with Gasteiger partial charge in [0.2, 0.25) is 17.0 Å². The molecular formula is C45H47N7O5S. The van der Waals surface area contributed by atoms with Gasteiger partial charge in [-0.25, -0.2) is 0 Å². The molecule has 1 fully saturated rings. The van der Waals surface area contributed by atoms with Crippen molar-refractivity contribution in [2.45, 2.75) is 75.3 Å². The summed E-state index contributed by atoms with van der Waals surface area (Å²) in [5.41, 5.74) is 13.8. The van der Waals surface area contributed by atoms with Gasteiger partial charge >= 0.3 is 0 Å². The van der Waals surface area contributed by atoms with Gasteiger partial charge in [-0.15, -0.1) is 5.10 Å². The van der Waals surface area contributed by atoms with Crippen LogP contribution in [0, 0.1) is 0 Å². The van der Waals surface area contributed by atoms with E-state index in [-0.39, 0.29) is 30.6 Å². The second-order valence-electron chi connectivity index (χ2n) is 14.2. The summed E-state index contributed by atoms with van der Waals surface area (Å²) >= 11 is 1.54. The molecule has 58 heavy (non-hydrogen) atoms. The number of aliphatic hydroxyl groups is 1. The van der Waals surface area contributed by atoms with Crippen LogP contribution in [0.3, 0.4) is 0 Å². The van der Waals surface area contributed by atoms with Gasteiger partial charge in [0.05, 0.1) is 35.9 Å². The van der Waals surface area contributed by atoms with Crippen LogP contribution in [0.25, 0.3) is 16.8 Å². The van der Waals surface area contributed by atoms with Gasteiger partial charge in [-0.3, -0.25) is 9.59 Å². The topological polar surface area (TPSA) is 167 Å². The summed E-state index contributed by atoms with van der Waals surface area (Å²) in [6, 6.07) is 41.2. The number of carbonyl (C=O) groups is 2. The molecule has 12 nitrogen and oxygen atoms in total. The van der Waals surface area contributed by atoms with Gasteiger partial charge in [0.15, 0.2) is 6.29 Å². The molecule has 7 rings (SSSR count). The Morgan fingerprint density at radius 3 is 2.29 bits per heavy atom. The Morgan fingerprint density at radius 1 is 0.776 bits per heavy atom. The molecule has 0 radical (unpaired) electrons. The fraction of sp³-hybridized carbons (Fsp3) is 0.267. The Labute approximate surface area is 342 Å². The molecule has 0 unspecified atom stereocenters. The highest BCUT2D eigenvalue weighted by atomic mass is 32.2. The number of ether oxygens (including phenoxy) is 2. The van der Waals surface area contributed by atoms with Gasteiger partial charge < -0.3 is 30.9 Å². The number of benzene rings is 5. The Morgan fingerprint density at radius 2 is 1.52 bits per heavy atom. The number of rotatable bonds is 17. The molecule has 3 atom stereocenters. The maximum absolute atomic E-state index is 12.6. The number of aromatic nitrogens is 4. The van der Waals surface area contributed by atoms with E-state index < -0.39 is 6.29 Å². The standard InChI is InChI=1S/C45H47N7O5S/c46-39-14-7-8-15-40(39)48-43(55)17-6-2-5-16-42(54)47-28-32-10-9-11-36(26-32)33-22-24-35(25-23-33)44-56-38(27-41(57-44)34-20-18-31(29-53)19-21-34)30-58-45-49-50-51-52(45)37-12-3-1-4-13-37/h1,3-4,7-15,18-26,38,41,44,53H,2,5-6,16-17,27-30,46H2,(H,47,54)(H,48,55)/t38-,41+,44+/m1/s1. The van der Waals surface area contributed by atoms with Crippen LogP contribution in [-0.2, 0) is 32.2 Å². The van der Waals surface area contributed by atoms with Crippen molar-refractivity contribution in [1.82, 2.24) is 25.5 Å². The molecule has 6 aromatic rings. The number of tetrazole rings is 1. The minimum absolute atomic E-state index is 0.0159. The Balaban J connectivity index is 0.926. The average molecular weight is 798 g/mol. The number of amides is 2. The van der Waals surface area contributed by atoms with E-state index in [4.69, 9.17) is 15.2 Å². The summed E-state index contributed by atoms with van der Waals surface area (Å²) in [6.45, 7) is 0.404. The number of nitrogens with one attached hydrogen (secondary N) is 2. The van der Waals surface area contributed by atoms with Crippen LogP contribution in [0.5, 0.6) is 0 Å². The summed E-state index contributed by atoms with van der Waals surface area (Å²) in [5.74, 6) is 0.518. The van der Waals surface area contributed by atoms with E-state index >= 15 is 0 Å². The number of thioether (sulfide) groups is 1. The predicted molar refractivity (Wildman–Crippen MR) is 225 cm³/mol. The van der Waals surface area contributed by atoms with Gasteiger partial charge in [-0.1, -0.05) is 115 Å². The molecule has 5 N–H and O–H groups in total. The zero-order valence-electron chi connectivity index (χ0n) is 32.1. The molecule has 0 spiro atoms. The lowest BCUT2D eigenvalue weighted by molar-refractivity contribution is -0.245. The highest BCUT2D eigenvalue weighted by Gasteiger charge is 2.33. The average Bonchev–Trinajstić information content (AvgIpc) is 3.75. The van der Waals surface area contributed by atoms with E-state index in [2.05, 4.69) is 50.4 Å². The van der Waals surface area contributed by atoms with Crippen molar-refractivity contribution >= 4 is 35.0 Å². The van der Waals surface area contributed by atoms with Crippen molar-refractivity contribution in [3.8, 4) is 16.8 Å². The van der Waals surface area contributed by atoms with Crippen LogP contribution in [0.2, 0.25) is 0 Å². The van der Waals surface area contributed by atoms with E-state index in [1.165, 1.54) is 11.8 Å². The lowest BCUT2D eigenvalue weighted by Gasteiger charge is -2.36. The maximum atomic E-state index is 12.6. The summed E-state index contributed by atoms with van der Waals surface area (Å²) in [6.07, 6.45) is 2.62. The number of unbranched alkanes of at least 4 members (excludes halogenated alkanes) is 2. The highest BCUT2D eigenvalue weighted by Crippen LogP contribution is 2.40. The van der Waals surface area contributed by atoms with E-state index in [1.807, 2.05) is 91.0 Å². The second-order valence-corrected chi connectivity index (χ2v) is 15.2. The SMILES string of the molecule is Nc1ccccc1NC(=O)CCCCCC(=O)NCc1cccc(-c2ccc([C@H]3O[C@@H](CSc4nnnn4-c4ccccc4)C[C@@H](c4ccc(CO)cc4)O3)cc2)c1. The summed E-state index contributed by atoms with van der Waals surface area (Å²) in [5, 5.41) is 28.5. The molecule has 2 amide bonds. The van der Waals surface area contributed by atoms with Gasteiger partial charge in [-0.2, -0.15) is 4.68 Å². The van der Waals surface area contributed by atoms with Crippen molar-refractivity contribution in [3.05, 3.63) is 150 Å². The Bertz CT molecular complexity index is 2250. The minimum Gasteiger partial charge on any atom is -0.397 e. The van der Waals surface area contributed by atoms with E-state index in [1.54, 1.807) is 16.8 Å². The van der Waals surface area contributed by atoms with E-state index in [9.17, 15) is 14.7 Å². The van der Waals surface area contributed by atoms with Crippen LogP contribution in [0.15, 0.2) is 133 Å². The van der Waals surface area contributed by atoms with Gasteiger partial charge in [0.1, 0.15) is 0 Å². The first kappa shape index (κ1) is 40.3. The fourth-order valence-electron chi connectivity index (χ4n) is 6.74. The van der Waals surface area contributed by atoms with Crippen molar-refractivity contribution < 1.29 is 24.2 Å². The number of hydrogen-bond acceptors (Lipinski definition) is 10. The van der Waals surface area contributed by atoms with E-state index in [0.29, 0.717) is 60.9 Å². The van der Waals surface area contributed by atoms with Crippen LogP contribution in [0.4, 0.5) is 11.4 Å². The number of nitrogens with zero attached hydrogens (tertiary/aromatic N) is 4. The molecule has 0 bridgehead atoms. The third kappa shape index (κ3) is 11.0. The maximum Gasteiger partial charge on any atom is 0.224 e. The fourth-order valence-corrected chi connectivity index (χ4v) is 7.65. The number of para-hydroxylation sites is 3. The van der Waals surface area contributed by atoms with Gasteiger partial charge in [0.25, 0.3) is 0 Å². The Kier molecular flexibility index (Phi) is 13.9. The molecule has 1 aromatic heterocycles. The first-order valence-corrected chi connectivity index (χ1v) is 20.5. The third-order valence-electron chi connectivity index (χ3n) is 9.93. The second kappa shape index (κ2) is 20.0. The lowest BCUT2D eigenvalue weighted by Crippen LogP contribution is -2.31. The first-order valence-electron chi connectivity index (χ1n) is 19.5. The van der Waals surface area contributed by atoms with Crippen LogP contribution < -0.4 is 16.4 Å². The van der Waals surface area contributed by atoms with Crippen molar-refractivity contribution in [3.63, 3.8) is 0 Å². The number of aliphatic hydroxyl groups excluding tert-OH is 1. The highest BCUT2D eigenvalue weighted by molar-refractivity contribution is 7.99. The van der Waals surface area contributed by atoms with Crippen molar-refractivity contribution in [2.24, 2.45) is 0 Å². The molecule has 13 heteroatoms. The first-order chi connectivity index (χ1) is 28.4. The molecule has 298 valence electrons.